The zero-order valence-electron chi connectivity index (χ0n) is 13.2. The van der Waals surface area contributed by atoms with Crippen molar-refractivity contribution in [1.82, 2.24) is 0 Å². The first-order valence-electron chi connectivity index (χ1n) is 7.40. The molecule has 0 bridgehead atoms. The highest BCUT2D eigenvalue weighted by molar-refractivity contribution is 6.02. The van der Waals surface area contributed by atoms with Crippen LogP contribution in [0, 0.1) is 0 Å². The van der Waals surface area contributed by atoms with Gasteiger partial charge in [-0.15, -0.1) is 0 Å². The van der Waals surface area contributed by atoms with Crippen LogP contribution in [0.15, 0.2) is 60.7 Å². The first-order valence-corrected chi connectivity index (χ1v) is 7.40. The van der Waals surface area contributed by atoms with E-state index in [9.17, 15) is 9.59 Å². The van der Waals surface area contributed by atoms with Crippen LogP contribution in [0.4, 0.5) is 5.69 Å². The average molecular weight is 309 g/mol. The molecule has 2 aromatic carbocycles. The molecule has 0 aliphatic heterocycles. The van der Waals surface area contributed by atoms with Gasteiger partial charge in [-0.25, -0.2) is 4.79 Å². The molecule has 0 aromatic heterocycles. The number of esters is 1. The van der Waals surface area contributed by atoms with Gasteiger partial charge in [-0.3, -0.25) is 4.79 Å². The zero-order valence-corrected chi connectivity index (χ0v) is 13.2. The topological polar surface area (TPSA) is 55.4 Å². The second kappa shape index (κ2) is 7.94. The summed E-state index contributed by atoms with van der Waals surface area (Å²) in [6.07, 6.45) is 3.05. The van der Waals surface area contributed by atoms with Gasteiger partial charge in [0, 0.05) is 11.8 Å². The molecule has 1 N–H and O–H groups in total. The predicted molar refractivity (Wildman–Crippen MR) is 91.1 cm³/mol. The van der Waals surface area contributed by atoms with E-state index in [-0.39, 0.29) is 18.0 Å². The van der Waals surface area contributed by atoms with Gasteiger partial charge in [0.2, 0.25) is 5.91 Å². The van der Waals surface area contributed by atoms with Crippen LogP contribution in [-0.2, 0) is 9.53 Å². The Balaban J connectivity index is 1.94. The molecule has 4 nitrogen and oxygen atoms in total. The molecule has 118 valence electrons. The Morgan fingerprint density at radius 3 is 2.26 bits per heavy atom. The van der Waals surface area contributed by atoms with E-state index in [1.807, 2.05) is 30.3 Å². The Hall–Kier alpha value is -2.88. The minimum Gasteiger partial charge on any atom is -0.459 e. The lowest BCUT2D eigenvalue weighted by molar-refractivity contribution is -0.111. The summed E-state index contributed by atoms with van der Waals surface area (Å²) in [6, 6.07) is 16.2. The summed E-state index contributed by atoms with van der Waals surface area (Å²) in [7, 11) is 0. The van der Waals surface area contributed by atoms with E-state index in [4.69, 9.17) is 4.74 Å². The molecule has 1 amide bonds. The van der Waals surface area contributed by atoms with Crippen molar-refractivity contribution in [3.8, 4) is 0 Å². The van der Waals surface area contributed by atoms with Crippen molar-refractivity contribution in [3.05, 3.63) is 71.8 Å². The molecule has 0 unspecified atom stereocenters. The lowest BCUT2D eigenvalue weighted by Gasteiger charge is -2.08. The number of amides is 1. The molecule has 2 aromatic rings. The molecule has 4 heteroatoms. The largest absolute Gasteiger partial charge is 0.459 e. The van der Waals surface area contributed by atoms with Crippen LogP contribution < -0.4 is 5.32 Å². The highest BCUT2D eigenvalue weighted by atomic mass is 16.5. The fourth-order valence-electron chi connectivity index (χ4n) is 1.89. The van der Waals surface area contributed by atoms with Crippen LogP contribution in [0.1, 0.15) is 29.8 Å². The number of hydrogen-bond donors (Lipinski definition) is 1. The fraction of sp³-hybridized carbons (Fsp3) is 0.158. The maximum atomic E-state index is 11.9. The van der Waals surface area contributed by atoms with E-state index in [1.165, 1.54) is 6.08 Å². The van der Waals surface area contributed by atoms with Crippen molar-refractivity contribution < 1.29 is 14.3 Å². The van der Waals surface area contributed by atoms with Gasteiger partial charge in [0.05, 0.1) is 11.7 Å². The second-order valence-electron chi connectivity index (χ2n) is 5.26. The van der Waals surface area contributed by atoms with Gasteiger partial charge in [0.15, 0.2) is 0 Å². The summed E-state index contributed by atoms with van der Waals surface area (Å²) in [5.74, 6) is -0.604. The molecular weight excluding hydrogens is 290 g/mol. The first kappa shape index (κ1) is 16.5. The van der Waals surface area contributed by atoms with Gasteiger partial charge < -0.3 is 10.1 Å². The van der Waals surface area contributed by atoms with Crippen LogP contribution in [0.2, 0.25) is 0 Å². The van der Waals surface area contributed by atoms with Crippen LogP contribution in [0.5, 0.6) is 0 Å². The summed E-state index contributed by atoms with van der Waals surface area (Å²) >= 11 is 0. The van der Waals surface area contributed by atoms with Crippen molar-refractivity contribution in [1.29, 1.82) is 0 Å². The average Bonchev–Trinajstić information content (AvgIpc) is 2.54. The van der Waals surface area contributed by atoms with Crippen molar-refractivity contribution in [3.63, 3.8) is 0 Å². The zero-order chi connectivity index (χ0) is 16.7. The molecular formula is C19H19NO3. The lowest BCUT2D eigenvalue weighted by Crippen LogP contribution is -2.12. The van der Waals surface area contributed by atoms with Gasteiger partial charge >= 0.3 is 5.97 Å². The minimum atomic E-state index is -0.373. The Bertz CT molecular complexity index is 688. The van der Waals surface area contributed by atoms with Crippen LogP contribution in [0.3, 0.4) is 0 Å². The molecule has 0 aliphatic carbocycles. The number of benzene rings is 2. The number of anilines is 1. The number of rotatable bonds is 5. The molecule has 0 heterocycles. The van der Waals surface area contributed by atoms with Crippen molar-refractivity contribution in [2.45, 2.75) is 20.0 Å². The molecule has 0 radical (unpaired) electrons. The van der Waals surface area contributed by atoms with Gasteiger partial charge in [-0.05, 0) is 49.8 Å². The molecule has 0 aliphatic rings. The van der Waals surface area contributed by atoms with Crippen molar-refractivity contribution in [2.24, 2.45) is 0 Å². The molecule has 0 fully saturated rings. The summed E-state index contributed by atoms with van der Waals surface area (Å²) in [5.41, 5.74) is 2.03. The Morgan fingerprint density at radius 1 is 1.00 bits per heavy atom. The van der Waals surface area contributed by atoms with E-state index in [0.29, 0.717) is 11.3 Å². The molecule has 0 spiro atoms. The molecule has 0 saturated carbocycles. The Morgan fingerprint density at radius 2 is 1.65 bits per heavy atom. The van der Waals surface area contributed by atoms with Crippen LogP contribution in [0.25, 0.3) is 6.08 Å². The summed E-state index contributed by atoms with van der Waals surface area (Å²) in [4.78, 5) is 23.6. The van der Waals surface area contributed by atoms with Gasteiger partial charge in [0.25, 0.3) is 0 Å². The van der Waals surface area contributed by atoms with Crippen molar-refractivity contribution in [2.75, 3.05) is 5.32 Å². The Labute approximate surface area is 135 Å². The molecule has 23 heavy (non-hydrogen) atoms. The molecule has 0 atom stereocenters. The third-order valence-corrected chi connectivity index (χ3v) is 2.96. The second-order valence-corrected chi connectivity index (χ2v) is 5.26. The quantitative estimate of drug-likeness (QED) is 0.673. The first-order chi connectivity index (χ1) is 11.0. The van der Waals surface area contributed by atoms with Crippen molar-refractivity contribution >= 4 is 23.6 Å². The predicted octanol–water partition coefficient (Wildman–Crippen LogP) is 3.90. The van der Waals surface area contributed by atoms with Gasteiger partial charge in [-0.2, -0.15) is 0 Å². The number of ether oxygens (including phenoxy) is 1. The number of nitrogens with one attached hydrogen (secondary N) is 1. The molecule has 0 saturated heterocycles. The highest BCUT2D eigenvalue weighted by Gasteiger charge is 2.08. The van der Waals surface area contributed by atoms with E-state index >= 15 is 0 Å². The molecule has 2 rings (SSSR count). The number of hydrogen-bond acceptors (Lipinski definition) is 3. The lowest BCUT2D eigenvalue weighted by atomic mass is 10.2. The maximum Gasteiger partial charge on any atom is 0.338 e. The van der Waals surface area contributed by atoms with E-state index in [0.717, 1.165) is 5.56 Å². The highest BCUT2D eigenvalue weighted by Crippen LogP contribution is 2.11. The monoisotopic (exact) mass is 309 g/mol. The van der Waals surface area contributed by atoms with Crippen LogP contribution in [-0.4, -0.2) is 18.0 Å². The minimum absolute atomic E-state index is 0.162. The maximum absolute atomic E-state index is 11.9. The van der Waals surface area contributed by atoms with E-state index in [2.05, 4.69) is 5.32 Å². The van der Waals surface area contributed by atoms with Gasteiger partial charge in [0.1, 0.15) is 0 Å². The summed E-state index contributed by atoms with van der Waals surface area (Å²) in [5, 5.41) is 2.74. The standard InChI is InChI=1S/C19H19NO3/c1-14(2)23-19(22)16-9-11-17(12-10-16)20-18(21)13-8-15-6-4-3-5-7-15/h3-14H,1-2H3,(H,20,21)/b13-8+. The smallest absolute Gasteiger partial charge is 0.338 e. The SMILES string of the molecule is CC(C)OC(=O)c1ccc(NC(=O)/C=C/c2ccccc2)cc1. The van der Waals surface area contributed by atoms with E-state index in [1.54, 1.807) is 44.2 Å². The number of carbonyl (C=O) groups is 2. The third kappa shape index (κ3) is 5.43. The van der Waals surface area contributed by atoms with E-state index < -0.39 is 0 Å². The van der Waals surface area contributed by atoms with Gasteiger partial charge in [-0.1, -0.05) is 30.3 Å². The normalized spacial score (nSPS) is 10.7. The fourth-order valence-corrected chi connectivity index (χ4v) is 1.89. The third-order valence-electron chi connectivity index (χ3n) is 2.96. The Kier molecular flexibility index (Phi) is 5.69. The number of carbonyl (C=O) groups excluding carboxylic acids is 2. The van der Waals surface area contributed by atoms with Crippen LogP contribution >= 0.6 is 0 Å². The summed E-state index contributed by atoms with van der Waals surface area (Å²) in [6.45, 7) is 3.59. The summed E-state index contributed by atoms with van der Waals surface area (Å²) < 4.78 is 5.11.